The quantitative estimate of drug-likeness (QED) is 0.682. The summed E-state index contributed by atoms with van der Waals surface area (Å²) in [4.78, 5) is 11.3. The highest BCUT2D eigenvalue weighted by Crippen LogP contribution is 2.18. The minimum absolute atomic E-state index is 0. The van der Waals surface area contributed by atoms with Gasteiger partial charge in [-0.05, 0) is 23.3 Å². The molecule has 0 atom stereocenters. The van der Waals surface area contributed by atoms with Crippen LogP contribution in [0.2, 0.25) is 0 Å². The van der Waals surface area contributed by atoms with Crippen molar-refractivity contribution in [1.29, 1.82) is 0 Å². The van der Waals surface area contributed by atoms with Gasteiger partial charge in [0.25, 0.3) is 0 Å². The summed E-state index contributed by atoms with van der Waals surface area (Å²) >= 11 is 0. The molecule has 0 aliphatic carbocycles. The summed E-state index contributed by atoms with van der Waals surface area (Å²) in [7, 11) is 0. The summed E-state index contributed by atoms with van der Waals surface area (Å²) in [5.41, 5.74) is 1.63. The second-order valence-electron chi connectivity index (χ2n) is 4.30. The van der Waals surface area contributed by atoms with Crippen LogP contribution >= 0.6 is 12.4 Å². The zero-order chi connectivity index (χ0) is 13.0. The summed E-state index contributed by atoms with van der Waals surface area (Å²) in [6.45, 7) is 5.60. The van der Waals surface area contributed by atoms with E-state index in [1.54, 1.807) is 6.92 Å². The van der Waals surface area contributed by atoms with Crippen LogP contribution in [-0.4, -0.2) is 12.6 Å². The van der Waals surface area contributed by atoms with Gasteiger partial charge in [-0.1, -0.05) is 49.0 Å². The van der Waals surface area contributed by atoms with Crippen LogP contribution in [0.3, 0.4) is 0 Å². The predicted octanol–water partition coefficient (Wildman–Crippen LogP) is 4.09. The zero-order valence-corrected chi connectivity index (χ0v) is 12.4. The van der Waals surface area contributed by atoms with Gasteiger partial charge in [0.15, 0.2) is 0 Å². The Hall–Kier alpha value is -1.84. The van der Waals surface area contributed by atoms with E-state index in [9.17, 15) is 4.79 Å². The Bertz CT molecular complexity index is 591. The smallest absolute Gasteiger partial charge is 0.333 e. The van der Waals surface area contributed by atoms with Crippen molar-refractivity contribution in [1.82, 2.24) is 6.15 Å². The molecule has 0 saturated heterocycles. The second-order valence-corrected chi connectivity index (χ2v) is 4.30. The van der Waals surface area contributed by atoms with Gasteiger partial charge in [0.05, 0.1) is 6.61 Å². The van der Waals surface area contributed by atoms with Crippen molar-refractivity contribution in [3.63, 3.8) is 0 Å². The predicted molar refractivity (Wildman–Crippen MR) is 85.7 cm³/mol. The molecule has 0 spiro atoms. The molecule has 0 radical (unpaired) electrons. The fraction of sp³-hybridized carbons (Fsp3) is 0.188. The average Bonchev–Trinajstić information content (AvgIpc) is 2.38. The standard InChI is InChI=1S/C16H16O2.ClH.H3N/c1-12(2)16(17)18-11-10-14-8-5-7-13-6-3-4-9-15(13)14;;/h3-9H,1,10-11H2,2H3;1H;1H3. The van der Waals surface area contributed by atoms with Crippen LogP contribution in [0.1, 0.15) is 12.5 Å². The molecule has 0 aliphatic heterocycles. The lowest BCUT2D eigenvalue weighted by atomic mass is 10.0. The molecule has 0 heterocycles. The third-order valence-electron chi connectivity index (χ3n) is 2.83. The largest absolute Gasteiger partial charge is 0.462 e. The van der Waals surface area contributed by atoms with Crippen molar-refractivity contribution in [2.75, 3.05) is 6.61 Å². The van der Waals surface area contributed by atoms with Crippen LogP contribution in [0.4, 0.5) is 0 Å². The first-order chi connectivity index (χ1) is 8.68. The van der Waals surface area contributed by atoms with E-state index in [4.69, 9.17) is 4.74 Å². The van der Waals surface area contributed by atoms with Crippen LogP contribution in [0.5, 0.6) is 0 Å². The molecule has 2 aromatic carbocycles. The van der Waals surface area contributed by atoms with Gasteiger partial charge < -0.3 is 10.9 Å². The number of carbonyl (C=O) groups is 1. The first-order valence-corrected chi connectivity index (χ1v) is 5.98. The second kappa shape index (κ2) is 8.35. The van der Waals surface area contributed by atoms with E-state index in [1.807, 2.05) is 18.2 Å². The Balaban J connectivity index is 0.00000180. The fourth-order valence-corrected chi connectivity index (χ4v) is 1.89. The molecule has 108 valence electrons. The first-order valence-electron chi connectivity index (χ1n) is 5.98. The molecular formula is C16H20ClNO2. The lowest BCUT2D eigenvalue weighted by molar-refractivity contribution is -0.138. The van der Waals surface area contributed by atoms with Crippen molar-refractivity contribution in [2.45, 2.75) is 13.3 Å². The number of hydrogen-bond donors (Lipinski definition) is 1. The third-order valence-corrected chi connectivity index (χ3v) is 2.83. The molecule has 0 bridgehead atoms. The Labute approximate surface area is 125 Å². The maximum atomic E-state index is 11.3. The van der Waals surface area contributed by atoms with Gasteiger partial charge in [-0.25, -0.2) is 4.79 Å². The third kappa shape index (κ3) is 4.37. The Morgan fingerprint density at radius 1 is 1.15 bits per heavy atom. The summed E-state index contributed by atoms with van der Waals surface area (Å²) in [6.07, 6.45) is 0.723. The summed E-state index contributed by atoms with van der Waals surface area (Å²) < 4.78 is 5.12. The lowest BCUT2D eigenvalue weighted by Gasteiger charge is -2.07. The van der Waals surface area contributed by atoms with Gasteiger partial charge in [0.2, 0.25) is 0 Å². The van der Waals surface area contributed by atoms with Gasteiger partial charge >= 0.3 is 5.97 Å². The summed E-state index contributed by atoms with van der Waals surface area (Å²) in [5, 5.41) is 2.42. The molecule has 20 heavy (non-hydrogen) atoms. The average molecular weight is 294 g/mol. The molecule has 0 saturated carbocycles. The molecule has 0 unspecified atom stereocenters. The molecule has 3 N–H and O–H groups in total. The molecule has 0 amide bonds. The molecule has 4 heteroatoms. The van der Waals surface area contributed by atoms with E-state index in [2.05, 4.69) is 30.8 Å². The maximum Gasteiger partial charge on any atom is 0.333 e. The van der Waals surface area contributed by atoms with E-state index in [-0.39, 0.29) is 24.5 Å². The minimum Gasteiger partial charge on any atom is -0.462 e. The number of benzene rings is 2. The monoisotopic (exact) mass is 293 g/mol. The van der Waals surface area contributed by atoms with E-state index < -0.39 is 0 Å². The van der Waals surface area contributed by atoms with Crippen LogP contribution in [0, 0.1) is 0 Å². The minimum atomic E-state index is -0.324. The van der Waals surface area contributed by atoms with E-state index in [0.29, 0.717) is 12.2 Å². The van der Waals surface area contributed by atoms with Gasteiger partial charge in [0.1, 0.15) is 0 Å². The van der Waals surface area contributed by atoms with Crippen molar-refractivity contribution < 1.29 is 9.53 Å². The van der Waals surface area contributed by atoms with E-state index in [0.717, 1.165) is 6.42 Å². The van der Waals surface area contributed by atoms with E-state index in [1.165, 1.54) is 16.3 Å². The molecule has 3 nitrogen and oxygen atoms in total. The summed E-state index contributed by atoms with van der Waals surface area (Å²) in [5.74, 6) is -0.324. The van der Waals surface area contributed by atoms with Crippen molar-refractivity contribution in [2.24, 2.45) is 0 Å². The number of rotatable bonds is 4. The number of halogens is 1. The number of esters is 1. The van der Waals surface area contributed by atoms with Gasteiger partial charge in [-0.3, -0.25) is 0 Å². The Kier molecular flexibility index (Phi) is 7.59. The number of fused-ring (bicyclic) bond motifs is 1. The van der Waals surface area contributed by atoms with E-state index >= 15 is 0 Å². The Morgan fingerprint density at radius 2 is 1.80 bits per heavy atom. The van der Waals surface area contributed by atoms with Crippen LogP contribution in [0.15, 0.2) is 54.6 Å². The molecule has 0 aliphatic rings. The SMILES string of the molecule is C=C(C)C(=O)OCCc1cccc2ccccc12.Cl.N. The highest BCUT2D eigenvalue weighted by molar-refractivity contribution is 5.87. The van der Waals surface area contributed by atoms with Crippen LogP contribution < -0.4 is 6.15 Å². The summed E-state index contributed by atoms with van der Waals surface area (Å²) in [6, 6.07) is 14.4. The zero-order valence-electron chi connectivity index (χ0n) is 11.6. The Morgan fingerprint density at radius 3 is 2.50 bits per heavy atom. The van der Waals surface area contributed by atoms with Crippen LogP contribution in [0.25, 0.3) is 10.8 Å². The topological polar surface area (TPSA) is 61.3 Å². The molecule has 0 aromatic heterocycles. The van der Waals surface area contributed by atoms with Crippen molar-refractivity contribution in [3.05, 3.63) is 60.2 Å². The number of hydrogen-bond acceptors (Lipinski definition) is 3. The highest BCUT2D eigenvalue weighted by Gasteiger charge is 2.04. The van der Waals surface area contributed by atoms with Gasteiger partial charge in [-0.15, -0.1) is 12.4 Å². The first kappa shape index (κ1) is 18.2. The number of ether oxygens (including phenoxy) is 1. The maximum absolute atomic E-state index is 11.3. The van der Waals surface area contributed by atoms with Crippen molar-refractivity contribution >= 4 is 29.1 Å². The normalized spacial score (nSPS) is 9.25. The molecule has 0 fully saturated rings. The molecule has 2 aromatic rings. The van der Waals surface area contributed by atoms with Crippen LogP contribution in [-0.2, 0) is 16.0 Å². The molecule has 2 rings (SSSR count). The van der Waals surface area contributed by atoms with Crippen molar-refractivity contribution in [3.8, 4) is 0 Å². The number of carbonyl (C=O) groups excluding carboxylic acids is 1. The molecular weight excluding hydrogens is 274 g/mol. The fourth-order valence-electron chi connectivity index (χ4n) is 1.89. The lowest BCUT2D eigenvalue weighted by Crippen LogP contribution is -2.08. The van der Waals surface area contributed by atoms with Gasteiger partial charge in [-0.2, -0.15) is 0 Å². The highest BCUT2D eigenvalue weighted by atomic mass is 35.5. The van der Waals surface area contributed by atoms with Gasteiger partial charge in [0, 0.05) is 12.0 Å².